The molecule has 0 aromatic heterocycles. The van der Waals surface area contributed by atoms with Gasteiger partial charge in [0.05, 0.1) is 5.41 Å². The van der Waals surface area contributed by atoms with E-state index in [1.54, 1.807) is 0 Å². The molecule has 3 nitrogen and oxygen atoms in total. The summed E-state index contributed by atoms with van der Waals surface area (Å²) in [4.78, 5) is 15.2. The second-order valence-corrected chi connectivity index (χ2v) is 6.69. The number of hydrogen-bond donors (Lipinski definition) is 1. The van der Waals surface area contributed by atoms with Crippen LogP contribution in [0.15, 0.2) is 30.3 Å². The standard InChI is InChI=1S/C17H22N2O/c20-16(19-11-13-9-18-10-14(13)12-19)17(7-4-8-17)15-5-2-1-3-6-15/h1-3,5-6,13-14,18H,4,7-12H2/t13-,14+. The fourth-order valence-corrected chi connectivity index (χ4v) is 4.24. The summed E-state index contributed by atoms with van der Waals surface area (Å²) in [5.74, 6) is 1.77. The minimum atomic E-state index is -0.201. The smallest absolute Gasteiger partial charge is 0.233 e. The van der Waals surface area contributed by atoms with Crippen molar-refractivity contribution in [3.05, 3.63) is 35.9 Å². The topological polar surface area (TPSA) is 32.3 Å². The monoisotopic (exact) mass is 270 g/mol. The predicted molar refractivity (Wildman–Crippen MR) is 78.4 cm³/mol. The number of nitrogens with zero attached hydrogens (tertiary/aromatic N) is 1. The van der Waals surface area contributed by atoms with Crippen molar-refractivity contribution < 1.29 is 4.79 Å². The molecule has 0 bridgehead atoms. The third kappa shape index (κ3) is 1.72. The van der Waals surface area contributed by atoms with Crippen LogP contribution in [-0.2, 0) is 10.2 Å². The van der Waals surface area contributed by atoms with Crippen molar-refractivity contribution in [3.8, 4) is 0 Å². The predicted octanol–water partition coefficient (Wildman–Crippen LogP) is 1.79. The first-order valence-electron chi connectivity index (χ1n) is 7.85. The zero-order valence-electron chi connectivity index (χ0n) is 11.8. The van der Waals surface area contributed by atoms with E-state index in [2.05, 4.69) is 34.5 Å². The molecule has 3 fully saturated rings. The summed E-state index contributed by atoms with van der Waals surface area (Å²) in [5.41, 5.74) is 1.03. The van der Waals surface area contributed by atoms with Gasteiger partial charge in [0.15, 0.2) is 0 Å². The summed E-state index contributed by atoms with van der Waals surface area (Å²) < 4.78 is 0. The lowest BCUT2D eigenvalue weighted by Crippen LogP contribution is -2.50. The van der Waals surface area contributed by atoms with E-state index in [0.29, 0.717) is 17.7 Å². The zero-order chi connectivity index (χ0) is 13.6. The lowest BCUT2D eigenvalue weighted by atomic mass is 9.63. The van der Waals surface area contributed by atoms with Gasteiger partial charge in [0.25, 0.3) is 0 Å². The van der Waals surface area contributed by atoms with Gasteiger partial charge >= 0.3 is 0 Å². The van der Waals surface area contributed by atoms with Crippen LogP contribution in [0.2, 0.25) is 0 Å². The van der Waals surface area contributed by atoms with Crippen molar-refractivity contribution in [2.45, 2.75) is 24.7 Å². The maximum absolute atomic E-state index is 13.1. The van der Waals surface area contributed by atoms with Gasteiger partial charge in [-0.05, 0) is 30.2 Å². The average Bonchev–Trinajstić information content (AvgIpc) is 2.99. The summed E-state index contributed by atoms with van der Waals surface area (Å²) in [6, 6.07) is 10.4. The van der Waals surface area contributed by atoms with Crippen molar-refractivity contribution >= 4 is 5.91 Å². The van der Waals surface area contributed by atoms with E-state index in [9.17, 15) is 4.79 Å². The summed E-state index contributed by atoms with van der Waals surface area (Å²) in [6.45, 7) is 4.11. The molecular weight excluding hydrogens is 248 g/mol. The minimum absolute atomic E-state index is 0.201. The average molecular weight is 270 g/mol. The molecule has 1 aromatic carbocycles. The van der Waals surface area contributed by atoms with Crippen molar-refractivity contribution in [2.75, 3.05) is 26.2 Å². The Morgan fingerprint density at radius 3 is 2.30 bits per heavy atom. The first-order valence-corrected chi connectivity index (χ1v) is 7.85. The van der Waals surface area contributed by atoms with Crippen LogP contribution < -0.4 is 5.32 Å². The zero-order valence-corrected chi connectivity index (χ0v) is 11.8. The maximum atomic E-state index is 13.1. The number of carbonyl (C=O) groups excluding carboxylic acids is 1. The summed E-state index contributed by atoms with van der Waals surface area (Å²) in [7, 11) is 0. The maximum Gasteiger partial charge on any atom is 0.233 e. The number of likely N-dealkylation sites (tertiary alicyclic amines) is 1. The van der Waals surface area contributed by atoms with E-state index in [1.165, 1.54) is 12.0 Å². The third-order valence-corrected chi connectivity index (χ3v) is 5.62. The molecule has 1 aromatic rings. The van der Waals surface area contributed by atoms with Gasteiger partial charge in [-0.2, -0.15) is 0 Å². The highest BCUT2D eigenvalue weighted by molar-refractivity contribution is 5.89. The van der Waals surface area contributed by atoms with Crippen molar-refractivity contribution in [1.82, 2.24) is 10.2 Å². The molecule has 2 atom stereocenters. The number of nitrogens with one attached hydrogen (secondary N) is 1. The van der Waals surface area contributed by atoms with E-state index < -0.39 is 0 Å². The molecule has 2 heterocycles. The summed E-state index contributed by atoms with van der Waals surface area (Å²) in [5, 5.41) is 3.44. The van der Waals surface area contributed by atoms with E-state index in [-0.39, 0.29) is 5.41 Å². The van der Waals surface area contributed by atoms with E-state index in [1.807, 2.05) is 6.07 Å². The van der Waals surface area contributed by atoms with Gasteiger partial charge in [0.2, 0.25) is 5.91 Å². The van der Waals surface area contributed by atoms with Gasteiger partial charge in [-0.3, -0.25) is 4.79 Å². The number of hydrogen-bond acceptors (Lipinski definition) is 2. The molecule has 20 heavy (non-hydrogen) atoms. The van der Waals surface area contributed by atoms with Crippen LogP contribution in [0.4, 0.5) is 0 Å². The van der Waals surface area contributed by atoms with Gasteiger partial charge in [0, 0.05) is 26.2 Å². The van der Waals surface area contributed by atoms with Gasteiger partial charge in [-0.25, -0.2) is 0 Å². The largest absolute Gasteiger partial charge is 0.341 e. The molecule has 0 spiro atoms. The van der Waals surface area contributed by atoms with Gasteiger partial charge in [-0.15, -0.1) is 0 Å². The number of fused-ring (bicyclic) bond motifs is 1. The van der Waals surface area contributed by atoms with Gasteiger partial charge < -0.3 is 10.2 Å². The molecule has 0 radical (unpaired) electrons. The van der Waals surface area contributed by atoms with Crippen LogP contribution in [0.5, 0.6) is 0 Å². The SMILES string of the molecule is O=C(N1C[C@H]2CNC[C@H]2C1)C1(c2ccccc2)CCC1. The van der Waals surface area contributed by atoms with Gasteiger partial charge in [0.1, 0.15) is 0 Å². The molecule has 1 N–H and O–H groups in total. The first kappa shape index (κ1) is 12.4. The number of carbonyl (C=O) groups is 1. The van der Waals surface area contributed by atoms with E-state index in [4.69, 9.17) is 0 Å². The Bertz CT molecular complexity index is 497. The summed E-state index contributed by atoms with van der Waals surface area (Å²) in [6.07, 6.45) is 3.24. The lowest BCUT2D eigenvalue weighted by Gasteiger charge is -2.43. The van der Waals surface area contributed by atoms with E-state index >= 15 is 0 Å². The third-order valence-electron chi connectivity index (χ3n) is 5.62. The number of rotatable bonds is 2. The van der Waals surface area contributed by atoms with Crippen molar-refractivity contribution in [3.63, 3.8) is 0 Å². The van der Waals surface area contributed by atoms with Crippen LogP contribution in [0.3, 0.4) is 0 Å². The highest BCUT2D eigenvalue weighted by atomic mass is 16.2. The molecule has 1 amide bonds. The minimum Gasteiger partial charge on any atom is -0.341 e. The quantitative estimate of drug-likeness (QED) is 0.888. The van der Waals surface area contributed by atoms with Crippen LogP contribution in [0.1, 0.15) is 24.8 Å². The first-order chi connectivity index (χ1) is 9.79. The molecular formula is C17H22N2O. The Morgan fingerprint density at radius 1 is 1.10 bits per heavy atom. The Hall–Kier alpha value is -1.35. The Labute approximate surface area is 120 Å². The molecule has 2 saturated heterocycles. The Balaban J connectivity index is 1.58. The molecule has 0 unspecified atom stereocenters. The van der Waals surface area contributed by atoms with Crippen molar-refractivity contribution in [2.24, 2.45) is 11.8 Å². The lowest BCUT2D eigenvalue weighted by molar-refractivity contribution is -0.140. The molecule has 3 aliphatic rings. The van der Waals surface area contributed by atoms with Crippen LogP contribution in [-0.4, -0.2) is 37.0 Å². The number of amides is 1. The molecule has 3 heteroatoms. The molecule has 1 aliphatic carbocycles. The molecule has 4 rings (SSSR count). The van der Waals surface area contributed by atoms with Crippen LogP contribution >= 0.6 is 0 Å². The Kier molecular flexibility index (Phi) is 2.84. The van der Waals surface area contributed by atoms with Gasteiger partial charge in [-0.1, -0.05) is 36.8 Å². The molecule has 106 valence electrons. The Morgan fingerprint density at radius 2 is 1.75 bits per heavy atom. The fourth-order valence-electron chi connectivity index (χ4n) is 4.24. The second-order valence-electron chi connectivity index (χ2n) is 6.69. The van der Waals surface area contributed by atoms with E-state index in [0.717, 1.165) is 39.0 Å². The highest BCUT2D eigenvalue weighted by Crippen LogP contribution is 2.46. The molecule has 2 aliphatic heterocycles. The second kappa shape index (κ2) is 4.59. The highest BCUT2D eigenvalue weighted by Gasteiger charge is 2.50. The summed E-state index contributed by atoms with van der Waals surface area (Å²) >= 11 is 0. The normalized spacial score (nSPS) is 30.9. The number of benzene rings is 1. The van der Waals surface area contributed by atoms with Crippen LogP contribution in [0.25, 0.3) is 0 Å². The fraction of sp³-hybridized carbons (Fsp3) is 0.588. The van der Waals surface area contributed by atoms with Crippen LogP contribution in [0, 0.1) is 11.8 Å². The van der Waals surface area contributed by atoms with Crippen molar-refractivity contribution in [1.29, 1.82) is 0 Å². The molecule has 1 saturated carbocycles.